The Morgan fingerprint density at radius 3 is 2.89 bits per heavy atom. The standard InChI is InChI=1S/C12H19N3OS.ClH/c1-2-5-8(13)11(16)15-12-14-9-6-3-4-7-10(9)17-12;/h8H,2-7,13H2,1H3,(H,14,15,16);1H. The average molecular weight is 290 g/mol. The first-order valence-electron chi connectivity index (χ1n) is 6.25. The fourth-order valence-corrected chi connectivity index (χ4v) is 3.10. The van der Waals surface area contributed by atoms with E-state index in [9.17, 15) is 4.79 Å². The van der Waals surface area contributed by atoms with Gasteiger partial charge in [-0.05, 0) is 32.1 Å². The zero-order valence-electron chi connectivity index (χ0n) is 10.6. The van der Waals surface area contributed by atoms with Gasteiger partial charge in [0.2, 0.25) is 5.91 Å². The molecule has 1 unspecified atom stereocenters. The van der Waals surface area contributed by atoms with Crippen LogP contribution in [-0.2, 0) is 17.6 Å². The van der Waals surface area contributed by atoms with Gasteiger partial charge in [-0.25, -0.2) is 4.98 Å². The summed E-state index contributed by atoms with van der Waals surface area (Å²) in [7, 11) is 0. The first-order chi connectivity index (χ1) is 8.20. The number of halogens is 1. The SMILES string of the molecule is CCCC(N)C(=O)Nc1nc2c(s1)CCCC2.Cl. The van der Waals surface area contributed by atoms with Crippen LogP contribution in [0.1, 0.15) is 43.2 Å². The zero-order valence-corrected chi connectivity index (χ0v) is 12.2. The van der Waals surface area contributed by atoms with Gasteiger partial charge in [0.25, 0.3) is 0 Å². The molecule has 0 saturated carbocycles. The molecule has 102 valence electrons. The molecule has 3 N–H and O–H groups in total. The monoisotopic (exact) mass is 289 g/mol. The number of hydrogen-bond acceptors (Lipinski definition) is 4. The Morgan fingerprint density at radius 1 is 1.50 bits per heavy atom. The number of hydrogen-bond donors (Lipinski definition) is 2. The van der Waals surface area contributed by atoms with Crippen molar-refractivity contribution < 1.29 is 4.79 Å². The topological polar surface area (TPSA) is 68.0 Å². The number of thiazole rings is 1. The maximum absolute atomic E-state index is 11.7. The molecule has 1 amide bonds. The van der Waals surface area contributed by atoms with Crippen LogP contribution in [0.2, 0.25) is 0 Å². The highest BCUT2D eigenvalue weighted by atomic mass is 35.5. The smallest absolute Gasteiger partial charge is 0.243 e. The van der Waals surface area contributed by atoms with Gasteiger partial charge in [-0.15, -0.1) is 23.7 Å². The van der Waals surface area contributed by atoms with Gasteiger partial charge >= 0.3 is 0 Å². The summed E-state index contributed by atoms with van der Waals surface area (Å²) in [6.07, 6.45) is 6.23. The van der Waals surface area contributed by atoms with E-state index in [1.54, 1.807) is 11.3 Å². The zero-order chi connectivity index (χ0) is 12.3. The molecule has 0 bridgehead atoms. The second-order valence-corrected chi connectivity index (χ2v) is 5.56. The maximum atomic E-state index is 11.7. The van der Waals surface area contributed by atoms with E-state index in [-0.39, 0.29) is 18.3 Å². The second-order valence-electron chi connectivity index (χ2n) is 4.48. The van der Waals surface area contributed by atoms with Crippen molar-refractivity contribution in [3.8, 4) is 0 Å². The number of carbonyl (C=O) groups is 1. The molecule has 1 atom stereocenters. The molecule has 1 aliphatic carbocycles. The quantitative estimate of drug-likeness (QED) is 0.895. The Kier molecular flexibility index (Phi) is 6.05. The minimum absolute atomic E-state index is 0. The molecule has 0 saturated heterocycles. The van der Waals surface area contributed by atoms with Crippen LogP contribution in [0.5, 0.6) is 0 Å². The van der Waals surface area contributed by atoms with E-state index < -0.39 is 6.04 Å². The van der Waals surface area contributed by atoms with Gasteiger partial charge in [0.1, 0.15) is 0 Å². The summed E-state index contributed by atoms with van der Waals surface area (Å²) in [4.78, 5) is 17.5. The molecule has 1 aromatic rings. The number of fused-ring (bicyclic) bond motifs is 1. The van der Waals surface area contributed by atoms with E-state index in [1.807, 2.05) is 6.92 Å². The third kappa shape index (κ3) is 3.67. The minimum Gasteiger partial charge on any atom is -0.320 e. The number of nitrogens with one attached hydrogen (secondary N) is 1. The van der Waals surface area contributed by atoms with Crippen molar-refractivity contribution in [2.45, 2.75) is 51.5 Å². The summed E-state index contributed by atoms with van der Waals surface area (Å²) < 4.78 is 0. The van der Waals surface area contributed by atoms with Crippen LogP contribution < -0.4 is 11.1 Å². The molecule has 1 heterocycles. The molecule has 0 aliphatic heterocycles. The summed E-state index contributed by atoms with van der Waals surface area (Å²) in [6, 6.07) is -0.416. The van der Waals surface area contributed by atoms with E-state index in [1.165, 1.54) is 23.4 Å². The highest BCUT2D eigenvalue weighted by molar-refractivity contribution is 7.15. The summed E-state index contributed by atoms with van der Waals surface area (Å²) in [6.45, 7) is 2.02. The number of anilines is 1. The van der Waals surface area contributed by atoms with Crippen LogP contribution in [0.4, 0.5) is 5.13 Å². The molecule has 1 aromatic heterocycles. The van der Waals surface area contributed by atoms with Crippen molar-refractivity contribution in [1.29, 1.82) is 0 Å². The molecule has 2 rings (SSSR count). The van der Waals surface area contributed by atoms with Gasteiger partial charge in [-0.3, -0.25) is 4.79 Å². The Hall–Kier alpha value is -0.650. The van der Waals surface area contributed by atoms with Gasteiger partial charge in [-0.2, -0.15) is 0 Å². The number of nitrogens with two attached hydrogens (primary N) is 1. The number of amides is 1. The highest BCUT2D eigenvalue weighted by Crippen LogP contribution is 2.29. The van der Waals surface area contributed by atoms with E-state index in [2.05, 4.69) is 10.3 Å². The fraction of sp³-hybridized carbons (Fsp3) is 0.667. The Balaban J connectivity index is 0.00000162. The predicted molar refractivity (Wildman–Crippen MR) is 77.5 cm³/mol. The van der Waals surface area contributed by atoms with Gasteiger partial charge in [0.15, 0.2) is 5.13 Å². The highest BCUT2D eigenvalue weighted by Gasteiger charge is 2.18. The number of rotatable bonds is 4. The third-order valence-electron chi connectivity index (χ3n) is 3.01. The number of aromatic nitrogens is 1. The Bertz CT molecular complexity index is 385. The molecular formula is C12H20ClN3OS. The molecule has 6 heteroatoms. The largest absolute Gasteiger partial charge is 0.320 e. The van der Waals surface area contributed by atoms with E-state index in [4.69, 9.17) is 5.73 Å². The van der Waals surface area contributed by atoms with Crippen LogP contribution >= 0.6 is 23.7 Å². The second kappa shape index (κ2) is 7.07. The van der Waals surface area contributed by atoms with Crippen molar-refractivity contribution in [2.24, 2.45) is 5.73 Å². The molecule has 0 radical (unpaired) electrons. The maximum Gasteiger partial charge on any atom is 0.243 e. The van der Waals surface area contributed by atoms with E-state index in [0.717, 1.165) is 25.7 Å². The summed E-state index contributed by atoms with van der Waals surface area (Å²) in [5, 5.41) is 3.54. The average Bonchev–Trinajstić information content (AvgIpc) is 2.71. The van der Waals surface area contributed by atoms with Gasteiger partial charge in [-0.1, -0.05) is 13.3 Å². The summed E-state index contributed by atoms with van der Waals surface area (Å²) >= 11 is 1.60. The van der Waals surface area contributed by atoms with Crippen molar-refractivity contribution in [2.75, 3.05) is 5.32 Å². The number of aryl methyl sites for hydroxylation is 2. The molecule has 1 aliphatic rings. The van der Waals surface area contributed by atoms with Crippen LogP contribution in [0.15, 0.2) is 0 Å². The molecule has 18 heavy (non-hydrogen) atoms. The predicted octanol–water partition coefficient (Wildman–Crippen LogP) is 2.51. The van der Waals surface area contributed by atoms with E-state index in [0.29, 0.717) is 5.13 Å². The molecule has 0 fully saturated rings. The molecule has 0 spiro atoms. The lowest BCUT2D eigenvalue weighted by atomic mass is 10.0. The van der Waals surface area contributed by atoms with Crippen LogP contribution in [0.25, 0.3) is 0 Å². The minimum atomic E-state index is -0.416. The Morgan fingerprint density at radius 2 is 2.22 bits per heavy atom. The fourth-order valence-electron chi connectivity index (χ4n) is 2.05. The summed E-state index contributed by atoms with van der Waals surface area (Å²) in [5.74, 6) is -0.113. The number of nitrogens with zero attached hydrogens (tertiary/aromatic N) is 1. The van der Waals surface area contributed by atoms with Crippen LogP contribution in [0, 0.1) is 0 Å². The van der Waals surface area contributed by atoms with Crippen molar-refractivity contribution in [1.82, 2.24) is 4.98 Å². The normalized spacial score (nSPS) is 15.4. The first-order valence-corrected chi connectivity index (χ1v) is 7.07. The van der Waals surface area contributed by atoms with Crippen molar-refractivity contribution in [3.05, 3.63) is 10.6 Å². The van der Waals surface area contributed by atoms with Crippen molar-refractivity contribution in [3.63, 3.8) is 0 Å². The van der Waals surface area contributed by atoms with Gasteiger partial charge < -0.3 is 11.1 Å². The van der Waals surface area contributed by atoms with Crippen LogP contribution in [-0.4, -0.2) is 16.9 Å². The molecule has 4 nitrogen and oxygen atoms in total. The lowest BCUT2D eigenvalue weighted by Crippen LogP contribution is -2.35. The van der Waals surface area contributed by atoms with Gasteiger partial charge in [0.05, 0.1) is 11.7 Å². The lowest BCUT2D eigenvalue weighted by molar-refractivity contribution is -0.117. The first kappa shape index (κ1) is 15.4. The Labute approximate surface area is 118 Å². The van der Waals surface area contributed by atoms with Gasteiger partial charge in [0, 0.05) is 4.88 Å². The molecule has 0 aromatic carbocycles. The third-order valence-corrected chi connectivity index (χ3v) is 4.09. The van der Waals surface area contributed by atoms with Crippen LogP contribution in [0.3, 0.4) is 0 Å². The molecular weight excluding hydrogens is 270 g/mol. The summed E-state index contributed by atoms with van der Waals surface area (Å²) in [5.41, 5.74) is 6.93. The van der Waals surface area contributed by atoms with E-state index >= 15 is 0 Å². The lowest BCUT2D eigenvalue weighted by Gasteiger charge is -2.08. The van der Waals surface area contributed by atoms with Crippen molar-refractivity contribution >= 4 is 34.8 Å². The number of carbonyl (C=O) groups excluding carboxylic acids is 1.